The molecule has 0 saturated carbocycles. The highest BCUT2D eigenvalue weighted by atomic mass is 16.3. The number of hydrogen-bond acceptors (Lipinski definition) is 2. The number of hydrogen-bond donors (Lipinski definition) is 0. The Kier molecular flexibility index (Phi) is 5.91. The average molecular weight is 613 g/mol. The molecule has 0 N–H and O–H groups in total. The van der Waals surface area contributed by atoms with E-state index in [0.717, 1.165) is 49.8 Å². The Labute approximate surface area is 277 Å². The maximum Gasteiger partial charge on any atom is 0.139 e. The van der Waals surface area contributed by atoms with Crippen LogP contribution in [0.2, 0.25) is 0 Å². The Hall–Kier alpha value is -6.38. The van der Waals surface area contributed by atoms with Crippen molar-refractivity contribution >= 4 is 54.5 Å². The van der Waals surface area contributed by atoms with Crippen LogP contribution in [-0.4, -0.2) is 0 Å². The van der Waals surface area contributed by atoms with E-state index in [0.29, 0.717) is 0 Å². The van der Waals surface area contributed by atoms with Crippen molar-refractivity contribution < 1.29 is 8.83 Å². The predicted molar refractivity (Wildman–Crippen MR) is 200 cm³/mol. The van der Waals surface area contributed by atoms with Crippen molar-refractivity contribution in [3.63, 3.8) is 0 Å². The molecule has 224 valence electrons. The van der Waals surface area contributed by atoms with Crippen LogP contribution in [0.25, 0.3) is 99.2 Å². The summed E-state index contributed by atoms with van der Waals surface area (Å²) in [7, 11) is 0. The number of furan rings is 2. The molecule has 0 aliphatic carbocycles. The zero-order valence-corrected chi connectivity index (χ0v) is 26.0. The van der Waals surface area contributed by atoms with Crippen molar-refractivity contribution in [3.8, 4) is 44.7 Å². The van der Waals surface area contributed by atoms with Gasteiger partial charge in [-0.25, -0.2) is 0 Å². The van der Waals surface area contributed by atoms with E-state index in [4.69, 9.17) is 8.83 Å². The Morgan fingerprint density at radius 2 is 0.854 bits per heavy atom. The van der Waals surface area contributed by atoms with Crippen molar-refractivity contribution in [1.29, 1.82) is 0 Å². The van der Waals surface area contributed by atoms with E-state index in [1.54, 1.807) is 0 Å². The summed E-state index contributed by atoms with van der Waals surface area (Å²) in [6, 6.07) is 60.3. The van der Waals surface area contributed by atoms with Crippen LogP contribution >= 0.6 is 0 Å². The summed E-state index contributed by atoms with van der Waals surface area (Å²) in [6.07, 6.45) is 0. The van der Waals surface area contributed by atoms with Crippen LogP contribution < -0.4 is 0 Å². The molecule has 0 bridgehead atoms. The zero-order chi connectivity index (χ0) is 31.6. The molecule has 0 aliphatic heterocycles. The molecule has 10 aromatic rings. The molecule has 2 nitrogen and oxygen atoms in total. The highest BCUT2D eigenvalue weighted by molar-refractivity contribution is 6.26. The van der Waals surface area contributed by atoms with E-state index in [1.807, 2.05) is 24.3 Å². The van der Waals surface area contributed by atoms with E-state index in [2.05, 4.69) is 146 Å². The number of fused-ring (bicyclic) bond motifs is 6. The van der Waals surface area contributed by atoms with E-state index >= 15 is 0 Å². The van der Waals surface area contributed by atoms with Crippen molar-refractivity contribution in [1.82, 2.24) is 0 Å². The Balaban J connectivity index is 1.28. The van der Waals surface area contributed by atoms with Crippen LogP contribution in [0.4, 0.5) is 0 Å². The predicted octanol–water partition coefficient (Wildman–Crippen LogP) is 13.3. The third-order valence-corrected chi connectivity index (χ3v) is 9.67. The summed E-state index contributed by atoms with van der Waals surface area (Å²) < 4.78 is 12.9. The first-order valence-electron chi connectivity index (χ1n) is 16.3. The molecule has 2 heterocycles. The quantitative estimate of drug-likeness (QED) is 0.185. The molecule has 8 aromatic carbocycles. The van der Waals surface area contributed by atoms with Crippen molar-refractivity contribution in [2.75, 3.05) is 0 Å². The van der Waals surface area contributed by atoms with Gasteiger partial charge in [0.1, 0.15) is 22.5 Å². The maximum atomic E-state index is 6.56. The van der Waals surface area contributed by atoms with Gasteiger partial charge in [0.2, 0.25) is 0 Å². The number of rotatable bonds is 4. The summed E-state index contributed by atoms with van der Waals surface area (Å²) in [5, 5.41) is 8.14. The summed E-state index contributed by atoms with van der Waals surface area (Å²) in [5.41, 5.74) is 10.9. The zero-order valence-electron chi connectivity index (χ0n) is 26.0. The van der Waals surface area contributed by atoms with Gasteiger partial charge in [-0.3, -0.25) is 0 Å². The summed E-state index contributed by atoms with van der Waals surface area (Å²) in [4.78, 5) is 0. The normalized spacial score (nSPS) is 11.8. The third-order valence-electron chi connectivity index (χ3n) is 9.67. The fourth-order valence-corrected chi connectivity index (χ4v) is 7.59. The second-order valence-corrected chi connectivity index (χ2v) is 12.4. The fourth-order valence-electron chi connectivity index (χ4n) is 7.59. The first-order valence-corrected chi connectivity index (χ1v) is 16.3. The second-order valence-electron chi connectivity index (χ2n) is 12.4. The van der Waals surface area contributed by atoms with E-state index < -0.39 is 0 Å². The largest absolute Gasteiger partial charge is 0.456 e. The minimum absolute atomic E-state index is 0.819. The maximum absolute atomic E-state index is 6.56. The van der Waals surface area contributed by atoms with Gasteiger partial charge < -0.3 is 8.83 Å². The molecule has 2 heteroatoms. The molecule has 0 atom stereocenters. The first kappa shape index (κ1) is 26.8. The van der Waals surface area contributed by atoms with Gasteiger partial charge in [-0.15, -0.1) is 0 Å². The van der Waals surface area contributed by atoms with Gasteiger partial charge >= 0.3 is 0 Å². The van der Waals surface area contributed by atoms with Crippen molar-refractivity contribution in [2.24, 2.45) is 0 Å². The Morgan fingerprint density at radius 3 is 1.52 bits per heavy atom. The monoisotopic (exact) mass is 612 g/mol. The van der Waals surface area contributed by atoms with Gasteiger partial charge in [0.25, 0.3) is 0 Å². The molecular weight excluding hydrogens is 585 g/mol. The minimum Gasteiger partial charge on any atom is -0.456 e. The Bertz CT molecular complexity index is 2760. The lowest BCUT2D eigenvalue weighted by molar-refractivity contribution is 0.628. The van der Waals surface area contributed by atoms with Gasteiger partial charge in [0.05, 0.1) is 0 Å². The summed E-state index contributed by atoms with van der Waals surface area (Å²) in [6.45, 7) is 0. The van der Waals surface area contributed by atoms with Crippen molar-refractivity contribution in [2.45, 2.75) is 0 Å². The van der Waals surface area contributed by atoms with Gasteiger partial charge in [-0.2, -0.15) is 0 Å². The summed E-state index contributed by atoms with van der Waals surface area (Å²) in [5.74, 6) is 0.853. The Morgan fingerprint density at radius 1 is 0.312 bits per heavy atom. The van der Waals surface area contributed by atoms with Crippen LogP contribution in [0.5, 0.6) is 0 Å². The third kappa shape index (κ3) is 4.06. The van der Waals surface area contributed by atoms with Crippen molar-refractivity contribution in [3.05, 3.63) is 170 Å². The average Bonchev–Trinajstić information content (AvgIpc) is 3.74. The smallest absolute Gasteiger partial charge is 0.139 e. The number of benzene rings is 8. The molecule has 0 saturated heterocycles. The van der Waals surface area contributed by atoms with Crippen LogP contribution in [0.1, 0.15) is 0 Å². The molecule has 0 amide bonds. The molecular formula is C46H28O2. The molecule has 10 rings (SSSR count). The molecule has 0 spiro atoms. The highest BCUT2D eigenvalue weighted by Crippen LogP contribution is 2.48. The topological polar surface area (TPSA) is 26.3 Å². The van der Waals surface area contributed by atoms with Gasteiger partial charge in [0, 0.05) is 27.8 Å². The van der Waals surface area contributed by atoms with Crippen LogP contribution in [0, 0.1) is 0 Å². The summed E-state index contributed by atoms with van der Waals surface area (Å²) >= 11 is 0. The lowest BCUT2D eigenvalue weighted by Crippen LogP contribution is -1.93. The van der Waals surface area contributed by atoms with Crippen LogP contribution in [-0.2, 0) is 0 Å². The fraction of sp³-hybridized carbons (Fsp3) is 0. The van der Waals surface area contributed by atoms with Gasteiger partial charge in [-0.1, -0.05) is 146 Å². The van der Waals surface area contributed by atoms with Crippen LogP contribution in [0.15, 0.2) is 179 Å². The standard InChI is InChI=1S/C46H28O2/c1-3-14-29(15-4-1)32-18-7-8-19-33(32)44-34-20-9-11-22-36(34)45(37-23-12-10-21-35(37)44)38-24-13-25-40-46(38)39-26-31-27-41(30-16-5-2-6-17-30)48-42(31)28-43(39)47-40/h1-28H. The molecule has 0 aliphatic rings. The molecule has 0 fully saturated rings. The highest BCUT2D eigenvalue weighted by Gasteiger charge is 2.22. The SMILES string of the molecule is c1ccc(-c2cc3cc4c(cc3o2)oc2cccc(-c3c5ccccc5c(-c5ccccc5-c5ccccc5)c5ccccc35)c24)cc1. The van der Waals surface area contributed by atoms with E-state index in [9.17, 15) is 0 Å². The molecule has 2 aromatic heterocycles. The second kappa shape index (κ2) is 10.6. The first-order chi connectivity index (χ1) is 23.8. The van der Waals surface area contributed by atoms with Gasteiger partial charge in [-0.05, 0) is 73.1 Å². The van der Waals surface area contributed by atoms with E-state index in [1.165, 1.54) is 49.4 Å². The molecule has 0 unspecified atom stereocenters. The van der Waals surface area contributed by atoms with E-state index in [-0.39, 0.29) is 0 Å². The molecule has 48 heavy (non-hydrogen) atoms. The van der Waals surface area contributed by atoms with Gasteiger partial charge in [0.15, 0.2) is 0 Å². The minimum atomic E-state index is 0.819. The molecule has 0 radical (unpaired) electrons. The lowest BCUT2D eigenvalue weighted by atomic mass is 9.83. The van der Waals surface area contributed by atoms with Crippen LogP contribution in [0.3, 0.4) is 0 Å². The lowest BCUT2D eigenvalue weighted by Gasteiger charge is -2.20.